The molecule has 6 nitrogen and oxygen atoms in total. The number of nitrogens with zero attached hydrogens (tertiary/aromatic N) is 2. The zero-order valence-electron chi connectivity index (χ0n) is 12.2. The van der Waals surface area contributed by atoms with E-state index >= 15 is 0 Å². The van der Waals surface area contributed by atoms with Crippen LogP contribution in [0.25, 0.3) is 5.69 Å². The molecule has 0 fully saturated rings. The molecule has 22 heavy (non-hydrogen) atoms. The van der Waals surface area contributed by atoms with Crippen LogP contribution in [0.15, 0.2) is 35.5 Å². The minimum atomic E-state index is -3.79. The Labute approximate surface area is 135 Å². The molecule has 0 spiro atoms. The van der Waals surface area contributed by atoms with Crippen molar-refractivity contribution in [2.24, 2.45) is 5.73 Å². The summed E-state index contributed by atoms with van der Waals surface area (Å²) < 4.78 is 41.9. The Morgan fingerprint density at radius 1 is 1.45 bits per heavy atom. The highest BCUT2D eigenvalue weighted by Crippen LogP contribution is 2.18. The smallest absolute Gasteiger partial charge is 0.240 e. The molecule has 1 atom stereocenters. The summed E-state index contributed by atoms with van der Waals surface area (Å²) in [5.41, 5.74) is 6.45. The van der Waals surface area contributed by atoms with Crippen LogP contribution in [0.1, 0.15) is 12.5 Å². The Morgan fingerprint density at radius 2 is 2.14 bits per heavy atom. The molecule has 2 aromatic rings. The number of rotatable bonds is 5. The van der Waals surface area contributed by atoms with Gasteiger partial charge in [-0.3, -0.25) is 0 Å². The van der Waals surface area contributed by atoms with Crippen molar-refractivity contribution in [3.05, 3.63) is 42.0 Å². The molecule has 0 bridgehead atoms. The van der Waals surface area contributed by atoms with Crippen LogP contribution >= 0.6 is 12.4 Å². The molecule has 1 aromatic heterocycles. The molecule has 0 amide bonds. The molecule has 1 aromatic carbocycles. The summed E-state index contributed by atoms with van der Waals surface area (Å²) in [5, 5.41) is 4.00. The van der Waals surface area contributed by atoms with Gasteiger partial charge < -0.3 is 5.73 Å². The van der Waals surface area contributed by atoms with Gasteiger partial charge in [0.25, 0.3) is 0 Å². The Kier molecular flexibility index (Phi) is 6.07. The molecule has 0 saturated carbocycles. The monoisotopic (exact) mass is 348 g/mol. The van der Waals surface area contributed by atoms with Crippen molar-refractivity contribution >= 4 is 22.4 Å². The number of nitrogens with one attached hydrogen (secondary N) is 1. The second kappa shape index (κ2) is 7.19. The third-order valence-corrected chi connectivity index (χ3v) is 4.49. The summed E-state index contributed by atoms with van der Waals surface area (Å²) in [7, 11) is -3.79. The highest BCUT2D eigenvalue weighted by atomic mass is 35.5. The third-order valence-electron chi connectivity index (χ3n) is 2.90. The topological polar surface area (TPSA) is 90.0 Å². The Hall–Kier alpha value is -1.48. The molecule has 0 aliphatic carbocycles. The van der Waals surface area contributed by atoms with E-state index in [4.69, 9.17) is 5.73 Å². The lowest BCUT2D eigenvalue weighted by Gasteiger charge is -2.12. The number of hydrogen-bond acceptors (Lipinski definition) is 4. The fourth-order valence-electron chi connectivity index (χ4n) is 1.77. The third kappa shape index (κ3) is 4.04. The molecule has 3 N–H and O–H groups in total. The average Bonchev–Trinajstić information content (AvgIpc) is 2.84. The summed E-state index contributed by atoms with van der Waals surface area (Å²) in [6.07, 6.45) is 3.25. The van der Waals surface area contributed by atoms with E-state index in [1.165, 1.54) is 16.8 Å². The maximum absolute atomic E-state index is 14.1. The first-order chi connectivity index (χ1) is 9.83. The van der Waals surface area contributed by atoms with Crippen LogP contribution in [0.4, 0.5) is 4.39 Å². The number of sulfonamides is 1. The van der Waals surface area contributed by atoms with Crippen LogP contribution in [-0.2, 0) is 10.0 Å². The second-order valence-electron chi connectivity index (χ2n) is 4.83. The van der Waals surface area contributed by atoms with E-state index in [-0.39, 0.29) is 29.5 Å². The van der Waals surface area contributed by atoms with Crippen molar-refractivity contribution in [2.75, 3.05) is 6.54 Å². The molecule has 0 radical (unpaired) electrons. The van der Waals surface area contributed by atoms with Crippen molar-refractivity contribution < 1.29 is 12.8 Å². The largest absolute Gasteiger partial charge is 0.329 e. The fourth-order valence-corrected chi connectivity index (χ4v) is 3.03. The summed E-state index contributed by atoms with van der Waals surface area (Å²) >= 11 is 0. The predicted octanol–water partition coefficient (Wildman–Crippen LogP) is 1.37. The summed E-state index contributed by atoms with van der Waals surface area (Å²) in [4.78, 5) is -0.145. The van der Waals surface area contributed by atoms with E-state index in [1.54, 1.807) is 19.3 Å². The Bertz CT molecular complexity index is 748. The predicted molar refractivity (Wildman–Crippen MR) is 84.3 cm³/mol. The van der Waals surface area contributed by atoms with Gasteiger partial charge in [0.15, 0.2) is 0 Å². The number of aromatic nitrogens is 2. The molecule has 0 unspecified atom stereocenters. The van der Waals surface area contributed by atoms with Gasteiger partial charge in [-0.05, 0) is 37.6 Å². The van der Waals surface area contributed by atoms with Gasteiger partial charge >= 0.3 is 0 Å². The van der Waals surface area contributed by atoms with Crippen LogP contribution in [0.5, 0.6) is 0 Å². The minimum Gasteiger partial charge on any atom is -0.329 e. The maximum Gasteiger partial charge on any atom is 0.240 e. The zero-order valence-corrected chi connectivity index (χ0v) is 13.8. The molecular formula is C13H18ClFN4O2S. The van der Waals surface area contributed by atoms with Gasteiger partial charge in [-0.15, -0.1) is 12.4 Å². The van der Waals surface area contributed by atoms with Gasteiger partial charge in [-0.25, -0.2) is 22.2 Å². The van der Waals surface area contributed by atoms with E-state index in [9.17, 15) is 12.8 Å². The first-order valence-electron chi connectivity index (χ1n) is 6.37. The standard InChI is InChI=1S/C13H17FN4O2S.ClH/c1-9-7-16-18(8-9)13-4-3-11(5-12(13)14)21(19,20)17-10(2)6-15;/h3-5,7-8,10,17H,6,15H2,1-2H3;1H/t10-;/m0./s1. The molecular weight excluding hydrogens is 331 g/mol. The van der Waals surface area contributed by atoms with Crippen LogP contribution in [-0.4, -0.2) is 30.8 Å². The van der Waals surface area contributed by atoms with E-state index < -0.39 is 21.9 Å². The second-order valence-corrected chi connectivity index (χ2v) is 6.55. The molecule has 0 saturated heterocycles. The number of aryl methyl sites for hydroxylation is 1. The summed E-state index contributed by atoms with van der Waals surface area (Å²) in [6, 6.07) is 3.26. The lowest BCUT2D eigenvalue weighted by molar-refractivity contribution is 0.559. The van der Waals surface area contributed by atoms with Gasteiger partial charge in [0.05, 0.1) is 11.1 Å². The first kappa shape index (κ1) is 18.6. The van der Waals surface area contributed by atoms with Crippen LogP contribution in [0, 0.1) is 12.7 Å². The summed E-state index contributed by atoms with van der Waals surface area (Å²) in [5.74, 6) is -0.665. The number of hydrogen-bond donors (Lipinski definition) is 2. The van der Waals surface area contributed by atoms with Gasteiger partial charge in [-0.2, -0.15) is 5.10 Å². The van der Waals surface area contributed by atoms with Gasteiger partial charge in [0, 0.05) is 18.8 Å². The lowest BCUT2D eigenvalue weighted by atomic mass is 10.3. The van der Waals surface area contributed by atoms with Crippen molar-refractivity contribution in [1.82, 2.24) is 14.5 Å². The van der Waals surface area contributed by atoms with Crippen molar-refractivity contribution in [3.63, 3.8) is 0 Å². The minimum absolute atomic E-state index is 0. The van der Waals surface area contributed by atoms with E-state index in [2.05, 4.69) is 9.82 Å². The Morgan fingerprint density at radius 3 is 2.64 bits per heavy atom. The highest BCUT2D eigenvalue weighted by molar-refractivity contribution is 7.89. The van der Waals surface area contributed by atoms with E-state index in [0.717, 1.165) is 11.6 Å². The van der Waals surface area contributed by atoms with Crippen LogP contribution in [0.2, 0.25) is 0 Å². The SMILES string of the molecule is Cc1cnn(-c2ccc(S(=O)(=O)N[C@@H](C)CN)cc2F)c1.Cl. The molecule has 0 aliphatic heterocycles. The zero-order chi connectivity index (χ0) is 15.6. The quantitative estimate of drug-likeness (QED) is 0.853. The van der Waals surface area contributed by atoms with Crippen LogP contribution in [0.3, 0.4) is 0 Å². The molecule has 1 heterocycles. The van der Waals surface area contributed by atoms with Crippen LogP contribution < -0.4 is 10.5 Å². The Balaban J connectivity index is 0.00000242. The normalized spacial score (nSPS) is 12.7. The lowest BCUT2D eigenvalue weighted by Crippen LogP contribution is -2.37. The molecule has 2 rings (SSSR count). The number of nitrogens with two attached hydrogens (primary N) is 1. The number of halogens is 2. The average molecular weight is 349 g/mol. The van der Waals surface area contributed by atoms with Gasteiger partial charge in [0.2, 0.25) is 10.0 Å². The molecule has 9 heteroatoms. The van der Waals surface area contributed by atoms with E-state index in [0.29, 0.717) is 0 Å². The molecule has 0 aliphatic rings. The van der Waals surface area contributed by atoms with Crippen molar-refractivity contribution in [2.45, 2.75) is 24.8 Å². The first-order valence-corrected chi connectivity index (χ1v) is 7.85. The van der Waals surface area contributed by atoms with Gasteiger partial charge in [0.1, 0.15) is 11.5 Å². The molecule has 122 valence electrons. The van der Waals surface area contributed by atoms with Crippen molar-refractivity contribution in [1.29, 1.82) is 0 Å². The van der Waals surface area contributed by atoms with E-state index in [1.807, 2.05) is 6.92 Å². The summed E-state index contributed by atoms with van der Waals surface area (Å²) in [6.45, 7) is 3.62. The fraction of sp³-hybridized carbons (Fsp3) is 0.308. The maximum atomic E-state index is 14.1. The van der Waals surface area contributed by atoms with Gasteiger partial charge in [-0.1, -0.05) is 0 Å². The highest BCUT2D eigenvalue weighted by Gasteiger charge is 2.19. The van der Waals surface area contributed by atoms with Crippen molar-refractivity contribution in [3.8, 4) is 5.69 Å². The number of benzene rings is 1.